The number of rotatable bonds is 9. The van der Waals surface area contributed by atoms with Gasteiger partial charge in [-0.3, -0.25) is 0 Å². The molecule has 3 rings (SSSR count). The molecule has 1 heterocycles. The number of thioether (sulfide) groups is 1. The van der Waals surface area contributed by atoms with E-state index in [1.54, 1.807) is 18.7 Å². The van der Waals surface area contributed by atoms with Crippen molar-refractivity contribution in [3.05, 3.63) is 71.9 Å². The van der Waals surface area contributed by atoms with Crippen molar-refractivity contribution in [2.45, 2.75) is 17.9 Å². The number of carbonyl (C=O) groups excluding carboxylic acids is 1. The standard InChI is InChI=1S/C22H24N4O3S/c1-3-29-21(28)18-13-23-22(24-16-10-7-11-17(12-16)30-2)26-20(18)25-19(14-27)15-8-5-4-6-9-15/h4-13,19,27H,3,14H2,1-2H3,(H2,23,24,25,26). The molecule has 7 nitrogen and oxygen atoms in total. The molecule has 1 atom stereocenters. The van der Waals surface area contributed by atoms with Crippen molar-refractivity contribution >= 4 is 35.2 Å². The van der Waals surface area contributed by atoms with E-state index in [9.17, 15) is 9.90 Å². The quantitative estimate of drug-likeness (QED) is 0.346. The first-order valence-corrected chi connectivity index (χ1v) is 10.7. The first kappa shape index (κ1) is 21.6. The average molecular weight is 425 g/mol. The number of hydrogen-bond acceptors (Lipinski definition) is 8. The average Bonchev–Trinajstić information content (AvgIpc) is 2.78. The molecule has 0 radical (unpaired) electrons. The van der Waals surface area contributed by atoms with Gasteiger partial charge in [-0.1, -0.05) is 36.4 Å². The molecule has 3 N–H and O–H groups in total. The number of ether oxygens (including phenoxy) is 1. The van der Waals surface area contributed by atoms with Gasteiger partial charge in [-0.2, -0.15) is 4.98 Å². The Hall–Kier alpha value is -3.10. The van der Waals surface area contributed by atoms with E-state index in [4.69, 9.17) is 4.74 Å². The number of aromatic nitrogens is 2. The van der Waals surface area contributed by atoms with E-state index < -0.39 is 12.0 Å². The van der Waals surface area contributed by atoms with Crippen molar-refractivity contribution < 1.29 is 14.6 Å². The van der Waals surface area contributed by atoms with Gasteiger partial charge in [-0.25, -0.2) is 9.78 Å². The van der Waals surface area contributed by atoms with Crippen LogP contribution in [0.4, 0.5) is 17.5 Å². The smallest absolute Gasteiger partial charge is 0.343 e. The third-order valence-corrected chi connectivity index (χ3v) is 5.03. The van der Waals surface area contributed by atoms with Crippen LogP contribution in [0.5, 0.6) is 0 Å². The van der Waals surface area contributed by atoms with Gasteiger partial charge >= 0.3 is 5.97 Å². The van der Waals surface area contributed by atoms with Gasteiger partial charge in [-0.05, 0) is 36.9 Å². The highest BCUT2D eigenvalue weighted by molar-refractivity contribution is 7.98. The summed E-state index contributed by atoms with van der Waals surface area (Å²) < 4.78 is 5.13. The molecule has 0 aliphatic rings. The van der Waals surface area contributed by atoms with Crippen LogP contribution in [0.1, 0.15) is 28.9 Å². The molecule has 0 amide bonds. The highest BCUT2D eigenvalue weighted by atomic mass is 32.2. The van der Waals surface area contributed by atoms with Crippen LogP contribution in [0.2, 0.25) is 0 Å². The zero-order chi connectivity index (χ0) is 21.3. The lowest BCUT2D eigenvalue weighted by Gasteiger charge is -2.19. The maximum absolute atomic E-state index is 12.4. The summed E-state index contributed by atoms with van der Waals surface area (Å²) >= 11 is 1.64. The third-order valence-electron chi connectivity index (χ3n) is 4.31. The van der Waals surface area contributed by atoms with Gasteiger partial charge in [0.2, 0.25) is 5.95 Å². The molecule has 0 bridgehead atoms. The number of anilines is 3. The second-order valence-electron chi connectivity index (χ2n) is 6.32. The molecule has 0 spiro atoms. The Morgan fingerprint density at radius 3 is 2.70 bits per heavy atom. The predicted octanol–water partition coefficient (Wildman–Crippen LogP) is 4.26. The lowest BCUT2D eigenvalue weighted by atomic mass is 10.1. The van der Waals surface area contributed by atoms with Crippen LogP contribution in [0.3, 0.4) is 0 Å². The van der Waals surface area contributed by atoms with Crippen molar-refractivity contribution in [2.75, 3.05) is 30.1 Å². The summed E-state index contributed by atoms with van der Waals surface area (Å²) in [4.78, 5) is 22.3. The Morgan fingerprint density at radius 1 is 1.20 bits per heavy atom. The summed E-state index contributed by atoms with van der Waals surface area (Å²) in [5.41, 5.74) is 1.91. The molecule has 0 fully saturated rings. The van der Waals surface area contributed by atoms with Crippen LogP contribution in [0, 0.1) is 0 Å². The minimum Gasteiger partial charge on any atom is -0.462 e. The number of aliphatic hydroxyl groups is 1. The van der Waals surface area contributed by atoms with E-state index in [1.165, 1.54) is 6.20 Å². The fourth-order valence-electron chi connectivity index (χ4n) is 2.82. The molecule has 0 aliphatic heterocycles. The van der Waals surface area contributed by atoms with Crippen molar-refractivity contribution in [1.29, 1.82) is 0 Å². The van der Waals surface area contributed by atoms with Crippen LogP contribution < -0.4 is 10.6 Å². The Morgan fingerprint density at radius 2 is 2.00 bits per heavy atom. The molecule has 1 aromatic heterocycles. The fourth-order valence-corrected chi connectivity index (χ4v) is 3.28. The highest BCUT2D eigenvalue weighted by Gasteiger charge is 2.20. The first-order valence-electron chi connectivity index (χ1n) is 9.52. The normalized spacial score (nSPS) is 11.6. The molecule has 0 saturated carbocycles. The van der Waals surface area contributed by atoms with Crippen LogP contribution in [-0.4, -0.2) is 40.5 Å². The van der Waals surface area contributed by atoms with Crippen molar-refractivity contribution in [3.8, 4) is 0 Å². The SMILES string of the molecule is CCOC(=O)c1cnc(Nc2cccc(SC)c2)nc1NC(CO)c1ccccc1. The largest absolute Gasteiger partial charge is 0.462 e. The highest BCUT2D eigenvalue weighted by Crippen LogP contribution is 2.25. The lowest BCUT2D eigenvalue weighted by molar-refractivity contribution is 0.0526. The summed E-state index contributed by atoms with van der Waals surface area (Å²) in [6, 6.07) is 16.9. The van der Waals surface area contributed by atoms with Crippen LogP contribution >= 0.6 is 11.8 Å². The number of hydrogen-bond donors (Lipinski definition) is 3. The molecule has 1 unspecified atom stereocenters. The maximum Gasteiger partial charge on any atom is 0.343 e. The number of benzene rings is 2. The Kier molecular flexibility index (Phi) is 7.64. The van der Waals surface area contributed by atoms with E-state index >= 15 is 0 Å². The Bertz CT molecular complexity index is 985. The summed E-state index contributed by atoms with van der Waals surface area (Å²) in [5.74, 6) is 0.0871. The Balaban J connectivity index is 1.92. The van der Waals surface area contributed by atoms with E-state index in [0.29, 0.717) is 5.95 Å². The fraction of sp³-hybridized carbons (Fsp3) is 0.227. The van der Waals surface area contributed by atoms with Gasteiger partial charge in [0.1, 0.15) is 11.4 Å². The molecule has 0 saturated heterocycles. The second-order valence-corrected chi connectivity index (χ2v) is 7.20. The second kappa shape index (κ2) is 10.6. The molecule has 8 heteroatoms. The molecular formula is C22H24N4O3S. The summed E-state index contributed by atoms with van der Waals surface area (Å²) in [6.45, 7) is 1.80. The Labute approximate surface area is 179 Å². The monoisotopic (exact) mass is 424 g/mol. The molecular weight excluding hydrogens is 400 g/mol. The zero-order valence-corrected chi connectivity index (χ0v) is 17.6. The van der Waals surface area contributed by atoms with E-state index in [-0.39, 0.29) is 24.6 Å². The minimum absolute atomic E-state index is 0.172. The van der Waals surface area contributed by atoms with E-state index in [1.807, 2.05) is 60.9 Å². The number of carbonyl (C=O) groups is 1. The van der Waals surface area contributed by atoms with Gasteiger partial charge in [0.15, 0.2) is 0 Å². The van der Waals surface area contributed by atoms with Crippen LogP contribution in [-0.2, 0) is 4.74 Å². The number of aliphatic hydroxyl groups excluding tert-OH is 1. The van der Waals surface area contributed by atoms with Gasteiger partial charge in [-0.15, -0.1) is 11.8 Å². The van der Waals surface area contributed by atoms with E-state index in [2.05, 4.69) is 20.6 Å². The van der Waals surface area contributed by atoms with Gasteiger partial charge < -0.3 is 20.5 Å². The van der Waals surface area contributed by atoms with E-state index in [0.717, 1.165) is 16.1 Å². The van der Waals surface area contributed by atoms with Crippen molar-refractivity contribution in [2.24, 2.45) is 0 Å². The number of esters is 1. The van der Waals surface area contributed by atoms with Crippen LogP contribution in [0.25, 0.3) is 0 Å². The van der Waals surface area contributed by atoms with Crippen LogP contribution in [0.15, 0.2) is 65.7 Å². The maximum atomic E-state index is 12.4. The summed E-state index contributed by atoms with van der Waals surface area (Å²) in [6.07, 6.45) is 3.43. The van der Waals surface area contributed by atoms with Crippen molar-refractivity contribution in [1.82, 2.24) is 9.97 Å². The van der Waals surface area contributed by atoms with Gasteiger partial charge in [0, 0.05) is 16.8 Å². The third kappa shape index (κ3) is 5.49. The zero-order valence-electron chi connectivity index (χ0n) is 16.8. The van der Waals surface area contributed by atoms with Crippen molar-refractivity contribution in [3.63, 3.8) is 0 Å². The molecule has 3 aromatic rings. The molecule has 2 aromatic carbocycles. The molecule has 0 aliphatic carbocycles. The topological polar surface area (TPSA) is 96.4 Å². The minimum atomic E-state index is -0.527. The summed E-state index contributed by atoms with van der Waals surface area (Å²) in [5, 5.41) is 16.2. The predicted molar refractivity (Wildman–Crippen MR) is 119 cm³/mol. The number of nitrogens with zero attached hydrogens (tertiary/aromatic N) is 2. The van der Waals surface area contributed by atoms with Gasteiger partial charge in [0.25, 0.3) is 0 Å². The molecule has 30 heavy (non-hydrogen) atoms. The molecule has 156 valence electrons. The first-order chi connectivity index (χ1) is 14.6. The summed E-state index contributed by atoms with van der Waals surface area (Å²) in [7, 11) is 0. The lowest BCUT2D eigenvalue weighted by Crippen LogP contribution is -2.19. The number of nitrogens with one attached hydrogen (secondary N) is 2. The van der Waals surface area contributed by atoms with Gasteiger partial charge in [0.05, 0.1) is 19.3 Å².